The first-order valence-electron chi connectivity index (χ1n) is 10.7. The van der Waals surface area contributed by atoms with E-state index < -0.39 is 29.7 Å². The molecule has 6 nitrogen and oxygen atoms in total. The molecule has 2 aromatic rings. The largest absolute Gasteiger partial charge is 0.477 e. The Balaban J connectivity index is 1.75. The highest BCUT2D eigenvalue weighted by Gasteiger charge is 2.37. The van der Waals surface area contributed by atoms with Crippen LogP contribution in [0.4, 0.5) is 18.9 Å². The van der Waals surface area contributed by atoms with Crippen LogP contribution in [0.3, 0.4) is 0 Å². The lowest BCUT2D eigenvalue weighted by atomic mass is 9.91. The fourth-order valence-electron chi connectivity index (χ4n) is 3.68. The minimum absolute atomic E-state index is 0.0204. The molecule has 1 saturated carbocycles. The molecule has 2 aromatic heterocycles. The highest BCUT2D eigenvalue weighted by Crippen LogP contribution is 2.38. The number of carbonyl (C=O) groups excluding carboxylic acids is 1. The number of aromatic carboxylic acids is 1. The van der Waals surface area contributed by atoms with E-state index in [2.05, 4.69) is 16.8 Å². The fourth-order valence-corrected chi connectivity index (χ4v) is 4.53. The standard InChI is InChI=1S/C24H25F3N2O4S/c1-23(2,3)11-10-17-13-19(20(34-17)22(31)32)29(14-30)15-6-8-16(9-7-15)33-21-18(24(25,26)27)5-4-12-28-21/h4-5,12-16H,6-9H2,1-3H3,(H,31,32)/t15-,16-. The average Bonchev–Trinajstić information content (AvgIpc) is 3.18. The average molecular weight is 495 g/mol. The van der Waals surface area contributed by atoms with Crippen molar-refractivity contribution in [3.63, 3.8) is 0 Å². The Morgan fingerprint density at radius 3 is 2.50 bits per heavy atom. The van der Waals surface area contributed by atoms with Crippen LogP contribution in [0.25, 0.3) is 0 Å². The summed E-state index contributed by atoms with van der Waals surface area (Å²) in [7, 11) is 0. The molecule has 1 amide bonds. The van der Waals surface area contributed by atoms with Gasteiger partial charge in [-0.15, -0.1) is 11.3 Å². The summed E-state index contributed by atoms with van der Waals surface area (Å²) >= 11 is 1.01. The number of thiophene rings is 1. The first-order chi connectivity index (χ1) is 15.9. The predicted octanol–water partition coefficient (Wildman–Crippen LogP) is 5.61. The maximum Gasteiger partial charge on any atom is 0.421 e. The summed E-state index contributed by atoms with van der Waals surface area (Å²) < 4.78 is 45.2. The minimum atomic E-state index is -4.57. The van der Waals surface area contributed by atoms with Crippen LogP contribution in [0.15, 0.2) is 24.4 Å². The number of halogens is 3. The summed E-state index contributed by atoms with van der Waals surface area (Å²) in [6.45, 7) is 5.81. The summed E-state index contributed by atoms with van der Waals surface area (Å²) in [6, 6.07) is 3.43. The van der Waals surface area contributed by atoms with E-state index in [1.165, 1.54) is 17.2 Å². The van der Waals surface area contributed by atoms with E-state index in [9.17, 15) is 27.9 Å². The number of ether oxygens (including phenoxy) is 1. The predicted molar refractivity (Wildman–Crippen MR) is 122 cm³/mol. The normalized spacial score (nSPS) is 18.5. The molecule has 0 atom stereocenters. The van der Waals surface area contributed by atoms with Crippen molar-refractivity contribution in [2.75, 3.05) is 4.90 Å². The molecule has 0 aliphatic heterocycles. The fraction of sp³-hybridized carbons (Fsp3) is 0.458. The van der Waals surface area contributed by atoms with Crippen molar-refractivity contribution in [1.82, 2.24) is 4.98 Å². The van der Waals surface area contributed by atoms with Crippen LogP contribution in [0.5, 0.6) is 5.88 Å². The van der Waals surface area contributed by atoms with Gasteiger partial charge in [0.2, 0.25) is 12.3 Å². The van der Waals surface area contributed by atoms with Crippen LogP contribution >= 0.6 is 11.3 Å². The lowest BCUT2D eigenvalue weighted by Gasteiger charge is -2.34. The molecule has 10 heteroatoms. The number of amides is 1. The molecule has 1 aliphatic carbocycles. The van der Waals surface area contributed by atoms with Gasteiger partial charge in [-0.2, -0.15) is 13.2 Å². The molecule has 0 bridgehead atoms. The molecule has 182 valence electrons. The summed E-state index contributed by atoms with van der Waals surface area (Å²) in [4.78, 5) is 29.5. The number of nitrogens with zero attached hydrogens (tertiary/aromatic N) is 2. The van der Waals surface area contributed by atoms with Crippen LogP contribution in [0.1, 0.15) is 66.6 Å². The molecule has 0 radical (unpaired) electrons. The topological polar surface area (TPSA) is 79.7 Å². The molecule has 0 spiro atoms. The number of carbonyl (C=O) groups is 2. The molecule has 1 fully saturated rings. The number of hydrogen-bond acceptors (Lipinski definition) is 5. The van der Waals surface area contributed by atoms with Crippen LogP contribution in [0.2, 0.25) is 0 Å². The molecular formula is C24H25F3N2O4S. The second kappa shape index (κ2) is 10.1. The third kappa shape index (κ3) is 6.29. The molecule has 1 N–H and O–H groups in total. The summed E-state index contributed by atoms with van der Waals surface area (Å²) in [6.07, 6.45) is -1.55. The quantitative estimate of drug-likeness (QED) is 0.417. The summed E-state index contributed by atoms with van der Waals surface area (Å²) in [5, 5.41) is 9.65. The zero-order chi connectivity index (χ0) is 25.1. The van der Waals surface area contributed by atoms with Crippen LogP contribution in [-0.4, -0.2) is 34.6 Å². The molecule has 1 aliphatic rings. The summed E-state index contributed by atoms with van der Waals surface area (Å²) in [5.74, 6) is 4.42. The number of pyridine rings is 1. The first-order valence-corrected chi connectivity index (χ1v) is 11.5. The van der Waals surface area contributed by atoms with Crippen molar-refractivity contribution in [2.24, 2.45) is 5.41 Å². The van der Waals surface area contributed by atoms with Gasteiger partial charge in [-0.1, -0.05) is 11.8 Å². The smallest absolute Gasteiger partial charge is 0.421 e. The zero-order valence-corrected chi connectivity index (χ0v) is 19.8. The van der Waals surface area contributed by atoms with Crippen molar-refractivity contribution in [3.8, 4) is 17.7 Å². The van der Waals surface area contributed by atoms with Crippen LogP contribution in [-0.2, 0) is 11.0 Å². The minimum Gasteiger partial charge on any atom is -0.477 e. The first kappa shape index (κ1) is 25.6. The molecule has 2 heterocycles. The van der Waals surface area contributed by atoms with Crippen molar-refractivity contribution in [2.45, 2.75) is 64.8 Å². The van der Waals surface area contributed by atoms with Gasteiger partial charge >= 0.3 is 12.1 Å². The molecule has 34 heavy (non-hydrogen) atoms. The molecule has 0 saturated heterocycles. The van der Waals surface area contributed by atoms with Crippen LogP contribution in [0, 0.1) is 17.3 Å². The second-order valence-electron chi connectivity index (χ2n) is 9.05. The van der Waals surface area contributed by atoms with Gasteiger partial charge in [-0.25, -0.2) is 9.78 Å². The Labute approximate surface area is 199 Å². The monoisotopic (exact) mass is 494 g/mol. The Kier molecular flexibility index (Phi) is 7.56. The van der Waals surface area contributed by atoms with Gasteiger partial charge in [-0.3, -0.25) is 4.79 Å². The molecular weight excluding hydrogens is 469 g/mol. The summed E-state index contributed by atoms with van der Waals surface area (Å²) in [5.41, 5.74) is -0.922. The number of hydrogen-bond donors (Lipinski definition) is 1. The van der Waals surface area contributed by atoms with E-state index in [0.29, 0.717) is 37.0 Å². The van der Waals surface area contributed by atoms with Gasteiger partial charge in [-0.05, 0) is 64.7 Å². The second-order valence-corrected chi connectivity index (χ2v) is 10.1. The molecule has 3 rings (SSSR count). The SMILES string of the molecule is CC(C)(C)C#Cc1cc(N(C=O)[C@H]2CC[C@H](Oc3ncccc3C(F)(F)F)CC2)c(C(=O)O)s1. The van der Waals surface area contributed by atoms with Crippen molar-refractivity contribution in [1.29, 1.82) is 0 Å². The van der Waals surface area contributed by atoms with Crippen molar-refractivity contribution in [3.05, 3.63) is 39.7 Å². The maximum absolute atomic E-state index is 13.2. The van der Waals surface area contributed by atoms with E-state index >= 15 is 0 Å². The number of rotatable bonds is 6. The van der Waals surface area contributed by atoms with Gasteiger partial charge in [0.25, 0.3) is 0 Å². The van der Waals surface area contributed by atoms with Crippen LogP contribution < -0.4 is 9.64 Å². The van der Waals surface area contributed by atoms with Gasteiger partial charge in [0, 0.05) is 17.7 Å². The Morgan fingerprint density at radius 2 is 1.94 bits per heavy atom. The number of alkyl halides is 3. The highest BCUT2D eigenvalue weighted by atomic mass is 32.1. The van der Waals surface area contributed by atoms with Gasteiger partial charge in [0.15, 0.2) is 0 Å². The lowest BCUT2D eigenvalue weighted by Crippen LogP contribution is -2.40. The Bertz CT molecular complexity index is 1100. The molecule has 0 aromatic carbocycles. The Hall–Kier alpha value is -3.06. The third-order valence-electron chi connectivity index (χ3n) is 5.25. The van der Waals surface area contributed by atoms with E-state index in [1.54, 1.807) is 6.07 Å². The third-order valence-corrected chi connectivity index (χ3v) is 6.28. The zero-order valence-electron chi connectivity index (χ0n) is 19.0. The van der Waals surface area contributed by atoms with E-state index in [1.807, 2.05) is 20.8 Å². The van der Waals surface area contributed by atoms with Gasteiger partial charge < -0.3 is 14.7 Å². The van der Waals surface area contributed by atoms with Gasteiger partial charge in [0.1, 0.15) is 16.5 Å². The lowest BCUT2D eigenvalue weighted by molar-refractivity contribution is -0.139. The number of aromatic nitrogens is 1. The van der Waals surface area contributed by atoms with E-state index in [4.69, 9.17) is 4.74 Å². The number of carboxylic acid groups (broad SMARTS) is 1. The van der Waals surface area contributed by atoms with Gasteiger partial charge in [0.05, 0.1) is 10.6 Å². The molecule has 0 unspecified atom stereocenters. The number of carboxylic acids is 1. The van der Waals surface area contributed by atoms with E-state index in [0.717, 1.165) is 17.4 Å². The van der Waals surface area contributed by atoms with E-state index in [-0.39, 0.29) is 22.0 Å². The Morgan fingerprint density at radius 1 is 1.26 bits per heavy atom. The highest BCUT2D eigenvalue weighted by molar-refractivity contribution is 7.15. The van der Waals surface area contributed by atoms with Crippen molar-refractivity contribution < 1.29 is 32.6 Å². The maximum atomic E-state index is 13.2. The number of anilines is 1. The van der Waals surface area contributed by atoms with Crippen molar-refractivity contribution >= 4 is 29.4 Å².